The van der Waals surface area contributed by atoms with E-state index < -0.39 is 11.7 Å². The van der Waals surface area contributed by atoms with Crippen molar-refractivity contribution in [2.75, 3.05) is 0 Å². The van der Waals surface area contributed by atoms with Gasteiger partial charge in [-0.3, -0.25) is 0 Å². The first kappa shape index (κ1) is 13.4. The predicted octanol–water partition coefficient (Wildman–Crippen LogP) is 5.26. The van der Waals surface area contributed by atoms with Gasteiger partial charge in [0, 0.05) is 5.02 Å². The second-order valence-electron chi connectivity index (χ2n) is 3.75. The molecular weight excluding hydrogens is 237 g/mol. The maximum Gasteiger partial charge on any atom is 0.416 e. The van der Waals surface area contributed by atoms with Crippen molar-refractivity contribution in [2.45, 2.75) is 38.8 Å². The van der Waals surface area contributed by atoms with E-state index in [4.69, 9.17) is 11.6 Å². The standard InChI is InChI=1S/C12H14ClF3/c1-3-8(4-2)10-7-9(12(14,15)16)5-6-11(10)13/h5-8H,3-4H2,1-2H3. The Balaban J connectivity index is 3.18. The number of rotatable bonds is 3. The summed E-state index contributed by atoms with van der Waals surface area (Å²) in [7, 11) is 0. The Morgan fingerprint density at radius 2 is 1.75 bits per heavy atom. The van der Waals surface area contributed by atoms with Crippen molar-refractivity contribution in [3.8, 4) is 0 Å². The van der Waals surface area contributed by atoms with Gasteiger partial charge < -0.3 is 0 Å². The molecule has 0 N–H and O–H groups in total. The largest absolute Gasteiger partial charge is 0.416 e. The van der Waals surface area contributed by atoms with Gasteiger partial charge in [0.15, 0.2) is 0 Å². The Labute approximate surface area is 98.4 Å². The van der Waals surface area contributed by atoms with Crippen molar-refractivity contribution in [1.82, 2.24) is 0 Å². The van der Waals surface area contributed by atoms with Gasteiger partial charge in [-0.2, -0.15) is 13.2 Å². The third-order valence-electron chi connectivity index (χ3n) is 2.75. The van der Waals surface area contributed by atoms with E-state index in [2.05, 4.69) is 0 Å². The zero-order valence-electron chi connectivity index (χ0n) is 9.24. The lowest BCUT2D eigenvalue weighted by Crippen LogP contribution is -2.07. The van der Waals surface area contributed by atoms with Gasteiger partial charge >= 0.3 is 6.18 Å². The molecule has 0 bridgehead atoms. The molecule has 4 heteroatoms. The summed E-state index contributed by atoms with van der Waals surface area (Å²) in [5, 5.41) is 0.418. The molecule has 0 aromatic heterocycles. The minimum absolute atomic E-state index is 0.0924. The van der Waals surface area contributed by atoms with Gasteiger partial charge in [0.1, 0.15) is 0 Å². The van der Waals surface area contributed by atoms with Gasteiger partial charge in [0.25, 0.3) is 0 Å². The van der Waals surface area contributed by atoms with Crippen LogP contribution in [0.2, 0.25) is 5.02 Å². The summed E-state index contributed by atoms with van der Waals surface area (Å²) in [6.45, 7) is 3.90. The summed E-state index contributed by atoms with van der Waals surface area (Å²) in [6, 6.07) is 3.52. The Hall–Kier alpha value is -0.700. The molecule has 0 saturated carbocycles. The van der Waals surface area contributed by atoms with E-state index in [0.717, 1.165) is 18.9 Å². The van der Waals surface area contributed by atoms with Crippen molar-refractivity contribution < 1.29 is 13.2 Å². The molecule has 0 aliphatic heterocycles. The summed E-state index contributed by atoms with van der Waals surface area (Å²) in [5.41, 5.74) is -0.0275. The van der Waals surface area contributed by atoms with Crippen molar-refractivity contribution in [2.24, 2.45) is 0 Å². The molecule has 0 amide bonds. The van der Waals surface area contributed by atoms with Gasteiger partial charge in [-0.1, -0.05) is 25.4 Å². The smallest absolute Gasteiger partial charge is 0.166 e. The highest BCUT2D eigenvalue weighted by Crippen LogP contribution is 2.36. The van der Waals surface area contributed by atoms with E-state index in [1.807, 2.05) is 13.8 Å². The first-order valence-electron chi connectivity index (χ1n) is 5.26. The molecule has 0 radical (unpaired) electrons. The fraction of sp³-hybridized carbons (Fsp3) is 0.500. The Morgan fingerprint density at radius 3 is 2.19 bits per heavy atom. The lowest BCUT2D eigenvalue weighted by atomic mass is 9.92. The summed E-state index contributed by atoms with van der Waals surface area (Å²) in [5.74, 6) is 0.0924. The van der Waals surface area contributed by atoms with Gasteiger partial charge in [-0.15, -0.1) is 0 Å². The van der Waals surface area contributed by atoms with Crippen LogP contribution >= 0.6 is 11.6 Å². The number of hydrogen-bond acceptors (Lipinski definition) is 0. The fourth-order valence-corrected chi connectivity index (χ4v) is 2.03. The summed E-state index contributed by atoms with van der Waals surface area (Å²) < 4.78 is 37.6. The van der Waals surface area contributed by atoms with E-state index in [0.29, 0.717) is 10.6 Å². The molecule has 0 unspecified atom stereocenters. The molecule has 0 spiro atoms. The first-order valence-corrected chi connectivity index (χ1v) is 5.64. The second-order valence-corrected chi connectivity index (χ2v) is 4.15. The van der Waals surface area contributed by atoms with E-state index in [9.17, 15) is 13.2 Å². The Kier molecular flexibility index (Phi) is 4.25. The SMILES string of the molecule is CCC(CC)c1cc(C(F)(F)F)ccc1Cl. The third kappa shape index (κ3) is 2.91. The van der Waals surface area contributed by atoms with Crippen molar-refractivity contribution >= 4 is 11.6 Å². The average molecular weight is 251 g/mol. The maximum atomic E-state index is 12.5. The van der Waals surface area contributed by atoms with Crippen LogP contribution in [0, 0.1) is 0 Å². The van der Waals surface area contributed by atoms with Crippen LogP contribution in [0.4, 0.5) is 13.2 Å². The summed E-state index contributed by atoms with van der Waals surface area (Å²) >= 11 is 5.93. The molecule has 1 aromatic carbocycles. The van der Waals surface area contributed by atoms with Crippen LogP contribution < -0.4 is 0 Å². The predicted molar refractivity (Wildman–Crippen MR) is 59.8 cm³/mol. The lowest BCUT2D eigenvalue weighted by molar-refractivity contribution is -0.137. The van der Waals surface area contributed by atoms with Crippen LogP contribution in [0.5, 0.6) is 0 Å². The third-order valence-corrected chi connectivity index (χ3v) is 3.09. The molecule has 0 fully saturated rings. The zero-order valence-corrected chi connectivity index (χ0v) is 9.99. The zero-order chi connectivity index (χ0) is 12.3. The number of hydrogen-bond donors (Lipinski definition) is 0. The molecule has 1 rings (SSSR count). The minimum Gasteiger partial charge on any atom is -0.166 e. The van der Waals surface area contributed by atoms with Crippen LogP contribution in [0.3, 0.4) is 0 Å². The van der Waals surface area contributed by atoms with Crippen LogP contribution in [-0.2, 0) is 6.18 Å². The van der Waals surface area contributed by atoms with Crippen LogP contribution in [0.1, 0.15) is 43.7 Å². The molecule has 90 valence electrons. The number of halogens is 4. The van der Waals surface area contributed by atoms with Gasteiger partial charge in [0.2, 0.25) is 0 Å². The monoisotopic (exact) mass is 250 g/mol. The van der Waals surface area contributed by atoms with Crippen LogP contribution in [0.15, 0.2) is 18.2 Å². The van der Waals surface area contributed by atoms with E-state index >= 15 is 0 Å². The molecule has 0 aliphatic rings. The van der Waals surface area contributed by atoms with Crippen LogP contribution in [-0.4, -0.2) is 0 Å². The minimum atomic E-state index is -4.30. The molecule has 0 saturated heterocycles. The molecule has 0 aliphatic carbocycles. The molecule has 0 nitrogen and oxygen atoms in total. The van der Waals surface area contributed by atoms with Gasteiger partial charge in [-0.05, 0) is 42.5 Å². The second kappa shape index (κ2) is 5.09. The van der Waals surface area contributed by atoms with E-state index in [1.165, 1.54) is 12.1 Å². The van der Waals surface area contributed by atoms with Gasteiger partial charge in [-0.25, -0.2) is 0 Å². The molecular formula is C12H14ClF3. The average Bonchev–Trinajstić information content (AvgIpc) is 2.20. The topological polar surface area (TPSA) is 0 Å². The Bertz CT molecular complexity index is 354. The quantitative estimate of drug-likeness (QED) is 0.686. The normalized spacial score (nSPS) is 12.2. The number of benzene rings is 1. The summed E-state index contributed by atoms with van der Waals surface area (Å²) in [6.07, 6.45) is -2.72. The van der Waals surface area contributed by atoms with E-state index in [-0.39, 0.29) is 5.92 Å². The van der Waals surface area contributed by atoms with E-state index in [1.54, 1.807) is 0 Å². The molecule has 0 atom stereocenters. The maximum absolute atomic E-state index is 12.5. The lowest BCUT2D eigenvalue weighted by Gasteiger charge is -2.17. The number of alkyl halides is 3. The molecule has 0 heterocycles. The fourth-order valence-electron chi connectivity index (χ4n) is 1.76. The highest BCUT2D eigenvalue weighted by Gasteiger charge is 2.31. The van der Waals surface area contributed by atoms with Gasteiger partial charge in [0.05, 0.1) is 5.56 Å². The van der Waals surface area contributed by atoms with Crippen molar-refractivity contribution in [1.29, 1.82) is 0 Å². The van der Waals surface area contributed by atoms with Crippen LogP contribution in [0.25, 0.3) is 0 Å². The Morgan fingerprint density at radius 1 is 1.19 bits per heavy atom. The summed E-state index contributed by atoms with van der Waals surface area (Å²) in [4.78, 5) is 0. The highest BCUT2D eigenvalue weighted by atomic mass is 35.5. The molecule has 16 heavy (non-hydrogen) atoms. The van der Waals surface area contributed by atoms with Crippen molar-refractivity contribution in [3.05, 3.63) is 34.3 Å². The first-order chi connectivity index (χ1) is 7.40. The highest BCUT2D eigenvalue weighted by molar-refractivity contribution is 6.31. The van der Waals surface area contributed by atoms with Crippen molar-refractivity contribution in [3.63, 3.8) is 0 Å². The molecule has 1 aromatic rings.